The molecule has 10 nitrogen and oxygen atoms in total. The minimum atomic E-state index is -3.81. The maximum absolute atomic E-state index is 12.4. The summed E-state index contributed by atoms with van der Waals surface area (Å²) >= 11 is 5.99. The lowest BCUT2D eigenvalue weighted by atomic mass is 10.2. The van der Waals surface area contributed by atoms with Crippen molar-refractivity contribution >= 4 is 44.9 Å². The van der Waals surface area contributed by atoms with Crippen LogP contribution in [0.5, 0.6) is 0 Å². The molecule has 0 saturated heterocycles. The molecule has 0 aliphatic heterocycles. The molecular formula is C18H18ClN3O7S. The van der Waals surface area contributed by atoms with Gasteiger partial charge in [0.15, 0.2) is 6.10 Å². The third-order valence-corrected chi connectivity index (χ3v) is 6.05. The van der Waals surface area contributed by atoms with E-state index in [0.29, 0.717) is 0 Å². The zero-order chi connectivity index (χ0) is 22.6. The number of hydrogen-bond donors (Lipinski definition) is 1. The van der Waals surface area contributed by atoms with Crippen molar-refractivity contribution in [2.75, 3.05) is 19.4 Å². The predicted molar refractivity (Wildman–Crippen MR) is 109 cm³/mol. The van der Waals surface area contributed by atoms with Crippen LogP contribution < -0.4 is 5.32 Å². The van der Waals surface area contributed by atoms with E-state index in [9.17, 15) is 28.1 Å². The summed E-state index contributed by atoms with van der Waals surface area (Å²) < 4.78 is 30.5. The lowest BCUT2D eigenvalue weighted by Gasteiger charge is -2.15. The molecule has 0 unspecified atom stereocenters. The van der Waals surface area contributed by atoms with Crippen molar-refractivity contribution in [3.05, 3.63) is 63.2 Å². The number of benzene rings is 2. The molecule has 30 heavy (non-hydrogen) atoms. The van der Waals surface area contributed by atoms with Crippen LogP contribution >= 0.6 is 11.6 Å². The third kappa shape index (κ3) is 5.32. The summed E-state index contributed by atoms with van der Waals surface area (Å²) in [6.45, 7) is 1.29. The van der Waals surface area contributed by atoms with Gasteiger partial charge in [-0.1, -0.05) is 17.7 Å². The van der Waals surface area contributed by atoms with Crippen molar-refractivity contribution in [1.29, 1.82) is 0 Å². The summed E-state index contributed by atoms with van der Waals surface area (Å²) in [5.41, 5.74) is -0.299. The first-order valence-electron chi connectivity index (χ1n) is 8.42. The van der Waals surface area contributed by atoms with Gasteiger partial charge in [0.2, 0.25) is 10.0 Å². The van der Waals surface area contributed by atoms with E-state index in [1.54, 1.807) is 0 Å². The number of carbonyl (C=O) groups is 2. The Hall–Kier alpha value is -3.02. The highest BCUT2D eigenvalue weighted by molar-refractivity contribution is 7.89. The van der Waals surface area contributed by atoms with Gasteiger partial charge in [0, 0.05) is 31.9 Å². The van der Waals surface area contributed by atoms with Crippen LogP contribution in [-0.2, 0) is 19.6 Å². The lowest BCUT2D eigenvalue weighted by Crippen LogP contribution is -2.30. The number of nitrogens with one attached hydrogen (secondary N) is 1. The second kappa shape index (κ2) is 9.20. The largest absolute Gasteiger partial charge is 0.449 e. The number of non-ortho nitro benzene ring substituents is 1. The van der Waals surface area contributed by atoms with E-state index in [1.165, 1.54) is 51.4 Å². The number of ether oxygens (including phenoxy) is 1. The van der Waals surface area contributed by atoms with Crippen LogP contribution in [0.15, 0.2) is 47.4 Å². The zero-order valence-electron chi connectivity index (χ0n) is 16.2. The Kier molecular flexibility index (Phi) is 7.13. The van der Waals surface area contributed by atoms with Gasteiger partial charge in [-0.3, -0.25) is 14.9 Å². The van der Waals surface area contributed by atoms with E-state index < -0.39 is 32.9 Å². The SMILES string of the molecule is C[C@@H](OC(=O)c1cc(S(=O)(=O)N(C)C)ccc1Cl)C(=O)Nc1cccc([N+](=O)[O-])c1. The van der Waals surface area contributed by atoms with Gasteiger partial charge < -0.3 is 10.1 Å². The number of rotatable bonds is 7. The molecule has 1 amide bonds. The highest BCUT2D eigenvalue weighted by atomic mass is 35.5. The highest BCUT2D eigenvalue weighted by Gasteiger charge is 2.24. The first kappa shape index (κ1) is 23.3. The van der Waals surface area contributed by atoms with Crippen molar-refractivity contribution in [3.8, 4) is 0 Å². The fraction of sp³-hybridized carbons (Fsp3) is 0.222. The van der Waals surface area contributed by atoms with Crippen LogP contribution in [0.1, 0.15) is 17.3 Å². The van der Waals surface area contributed by atoms with Gasteiger partial charge in [-0.25, -0.2) is 17.5 Å². The fourth-order valence-corrected chi connectivity index (χ4v) is 3.37. The Balaban J connectivity index is 2.16. The highest BCUT2D eigenvalue weighted by Crippen LogP contribution is 2.23. The minimum absolute atomic E-state index is 0.0519. The number of amides is 1. The quantitative estimate of drug-likeness (QED) is 0.385. The average molecular weight is 456 g/mol. The topological polar surface area (TPSA) is 136 Å². The average Bonchev–Trinajstić information content (AvgIpc) is 2.67. The molecule has 0 radical (unpaired) electrons. The first-order valence-corrected chi connectivity index (χ1v) is 10.2. The summed E-state index contributed by atoms with van der Waals surface area (Å²) in [5.74, 6) is -1.74. The number of halogens is 1. The number of hydrogen-bond acceptors (Lipinski definition) is 7. The molecule has 1 N–H and O–H groups in total. The molecule has 12 heteroatoms. The second-order valence-corrected chi connectivity index (χ2v) is 8.83. The smallest absolute Gasteiger partial charge is 0.340 e. The third-order valence-electron chi connectivity index (χ3n) is 3.91. The van der Waals surface area contributed by atoms with Gasteiger partial charge in [0.25, 0.3) is 11.6 Å². The summed E-state index contributed by atoms with van der Waals surface area (Å²) in [6, 6.07) is 8.78. The van der Waals surface area contributed by atoms with Crippen molar-refractivity contribution in [2.24, 2.45) is 0 Å². The normalized spacial score (nSPS) is 12.3. The Morgan fingerprint density at radius 3 is 2.47 bits per heavy atom. The van der Waals surface area contributed by atoms with Crippen molar-refractivity contribution in [1.82, 2.24) is 4.31 Å². The standard InChI is InChI=1S/C18H18ClN3O7S/c1-11(17(23)20-12-5-4-6-13(9-12)22(25)26)29-18(24)15-10-14(7-8-16(15)19)30(27,28)21(2)3/h4-11H,1-3H3,(H,20,23)/t11-/m1/s1. The molecule has 2 rings (SSSR count). The van der Waals surface area contributed by atoms with E-state index in [2.05, 4.69) is 5.32 Å². The summed E-state index contributed by atoms with van der Waals surface area (Å²) in [6.07, 6.45) is -1.29. The number of sulfonamides is 1. The van der Waals surface area contributed by atoms with Crippen molar-refractivity contribution in [2.45, 2.75) is 17.9 Å². The molecule has 1 atom stereocenters. The van der Waals surface area contributed by atoms with Gasteiger partial charge in [-0.15, -0.1) is 0 Å². The monoisotopic (exact) mass is 455 g/mol. The van der Waals surface area contributed by atoms with Gasteiger partial charge in [0.1, 0.15) is 0 Å². The van der Waals surface area contributed by atoms with E-state index in [1.807, 2.05) is 0 Å². The van der Waals surface area contributed by atoms with Gasteiger partial charge in [-0.05, 0) is 31.2 Å². The molecule has 2 aromatic rings. The molecule has 160 valence electrons. The van der Waals surface area contributed by atoms with Crippen LogP contribution in [0.25, 0.3) is 0 Å². The van der Waals surface area contributed by atoms with Gasteiger partial charge in [-0.2, -0.15) is 0 Å². The summed E-state index contributed by atoms with van der Waals surface area (Å²) in [5, 5.41) is 13.2. The molecule has 0 heterocycles. The molecule has 2 aromatic carbocycles. The first-order chi connectivity index (χ1) is 13.9. The molecular weight excluding hydrogens is 438 g/mol. The van der Waals surface area contributed by atoms with E-state index in [4.69, 9.17) is 16.3 Å². The maximum Gasteiger partial charge on any atom is 0.340 e. The number of anilines is 1. The molecule has 0 bridgehead atoms. The Morgan fingerprint density at radius 2 is 1.87 bits per heavy atom. The van der Waals surface area contributed by atoms with Gasteiger partial charge >= 0.3 is 5.97 Å². The molecule has 0 aliphatic carbocycles. The fourth-order valence-electron chi connectivity index (χ4n) is 2.25. The molecule has 0 fully saturated rings. The summed E-state index contributed by atoms with van der Waals surface area (Å²) in [4.78, 5) is 34.7. The Morgan fingerprint density at radius 1 is 1.20 bits per heavy atom. The Labute approximate surface area is 177 Å². The number of nitro benzene ring substituents is 1. The number of nitrogens with zero attached hydrogens (tertiary/aromatic N) is 2. The van der Waals surface area contributed by atoms with Crippen LogP contribution in [-0.4, -0.2) is 49.7 Å². The molecule has 0 aromatic heterocycles. The lowest BCUT2D eigenvalue weighted by molar-refractivity contribution is -0.384. The maximum atomic E-state index is 12.4. The minimum Gasteiger partial charge on any atom is -0.449 e. The van der Waals surface area contributed by atoms with Crippen LogP contribution in [0, 0.1) is 10.1 Å². The van der Waals surface area contributed by atoms with Crippen molar-refractivity contribution in [3.63, 3.8) is 0 Å². The van der Waals surface area contributed by atoms with Gasteiger partial charge in [0.05, 0.1) is 20.4 Å². The zero-order valence-corrected chi connectivity index (χ0v) is 17.7. The Bertz CT molecular complexity index is 1100. The van der Waals surface area contributed by atoms with Crippen LogP contribution in [0.2, 0.25) is 5.02 Å². The number of nitro groups is 1. The number of carbonyl (C=O) groups excluding carboxylic acids is 2. The summed E-state index contributed by atoms with van der Waals surface area (Å²) in [7, 11) is -1.14. The van der Waals surface area contributed by atoms with Crippen LogP contribution in [0.3, 0.4) is 0 Å². The van der Waals surface area contributed by atoms with Crippen LogP contribution in [0.4, 0.5) is 11.4 Å². The molecule has 0 saturated carbocycles. The van der Waals surface area contributed by atoms with E-state index in [0.717, 1.165) is 16.4 Å². The number of esters is 1. The predicted octanol–water partition coefficient (Wildman–Crippen LogP) is 2.68. The van der Waals surface area contributed by atoms with E-state index in [-0.39, 0.29) is 26.9 Å². The van der Waals surface area contributed by atoms with E-state index >= 15 is 0 Å². The van der Waals surface area contributed by atoms with Crippen molar-refractivity contribution < 1.29 is 27.7 Å². The second-order valence-electron chi connectivity index (χ2n) is 6.27. The molecule has 0 aliphatic rings. The molecule has 0 spiro atoms.